The van der Waals surface area contributed by atoms with Crippen LogP contribution in [0.25, 0.3) is 5.57 Å². The van der Waals surface area contributed by atoms with E-state index in [1.54, 1.807) is 0 Å². The van der Waals surface area contributed by atoms with Crippen molar-refractivity contribution in [1.29, 1.82) is 0 Å². The van der Waals surface area contributed by atoms with E-state index >= 15 is 0 Å². The lowest BCUT2D eigenvalue weighted by molar-refractivity contribution is -0.950. The fourth-order valence-corrected chi connectivity index (χ4v) is 4.51. The van der Waals surface area contributed by atoms with Crippen LogP contribution in [0.15, 0.2) is 6.08 Å². The quantitative estimate of drug-likeness (QED) is 0.258. The Morgan fingerprint density at radius 1 is 1.23 bits per heavy atom. The maximum Gasteiger partial charge on any atom is 0.513 e. The number of rotatable bonds is 10. The van der Waals surface area contributed by atoms with Gasteiger partial charge in [0.1, 0.15) is 17.8 Å². The molecule has 2 atom stereocenters. The van der Waals surface area contributed by atoms with Gasteiger partial charge in [0, 0.05) is 17.9 Å². The molecule has 0 spiro atoms. The minimum Gasteiger partial charge on any atom is -0.475 e. The molecule has 0 saturated heterocycles. The molecule has 1 aromatic rings. The molecule has 31 heavy (non-hydrogen) atoms. The summed E-state index contributed by atoms with van der Waals surface area (Å²) in [5.41, 5.74) is 1.34. The van der Waals surface area contributed by atoms with Crippen molar-refractivity contribution >= 4 is 23.5 Å². The Morgan fingerprint density at radius 2 is 1.97 bits per heavy atom. The fraction of sp³-hybridized carbons (Fsp3) is 0.783. The van der Waals surface area contributed by atoms with Gasteiger partial charge in [-0.1, -0.05) is 46.1 Å². The van der Waals surface area contributed by atoms with Gasteiger partial charge in [-0.25, -0.2) is 4.79 Å². The summed E-state index contributed by atoms with van der Waals surface area (Å²) in [6.07, 6.45) is 6.77. The van der Waals surface area contributed by atoms with Crippen LogP contribution in [0.5, 0.6) is 5.88 Å². The molecule has 7 nitrogen and oxygen atoms in total. The Bertz CT molecular complexity index is 741. The molecule has 0 N–H and O–H groups in total. The summed E-state index contributed by atoms with van der Waals surface area (Å²) >= 11 is 1.18. The van der Waals surface area contributed by atoms with Gasteiger partial charge in [0.25, 0.3) is 5.88 Å². The SMILES string of the molecule is CCCCCCOc1nsnc1C1=CCC[N+](C)(C(OC(=O)OC(C)(C)C)C(C)C)C1. The maximum atomic E-state index is 12.4. The highest BCUT2D eigenvalue weighted by Crippen LogP contribution is 2.33. The summed E-state index contributed by atoms with van der Waals surface area (Å²) < 4.78 is 26.7. The van der Waals surface area contributed by atoms with Crippen molar-refractivity contribution in [2.24, 2.45) is 5.92 Å². The van der Waals surface area contributed by atoms with Gasteiger partial charge in [0.2, 0.25) is 6.23 Å². The predicted molar refractivity (Wildman–Crippen MR) is 124 cm³/mol. The second kappa shape index (κ2) is 11.3. The standard InChI is InChI=1S/C23H40N3O4S/c1-8-9-10-11-15-28-20-19(24-31-25-20)18-13-12-14-26(7,16-18)21(17(2)3)29-22(27)30-23(4,5)6/h13,17,21H,8-12,14-16H2,1-7H3/q+1. The van der Waals surface area contributed by atoms with E-state index < -0.39 is 11.8 Å². The van der Waals surface area contributed by atoms with Gasteiger partial charge in [-0.3, -0.25) is 4.48 Å². The van der Waals surface area contributed by atoms with Crippen LogP contribution in [0.1, 0.15) is 79.3 Å². The molecule has 1 aliphatic rings. The third kappa shape index (κ3) is 7.75. The zero-order valence-corrected chi connectivity index (χ0v) is 21.1. The third-order valence-corrected chi connectivity index (χ3v) is 5.86. The Morgan fingerprint density at radius 3 is 2.61 bits per heavy atom. The smallest absolute Gasteiger partial charge is 0.475 e. The van der Waals surface area contributed by atoms with E-state index in [0.717, 1.165) is 30.7 Å². The Hall–Kier alpha value is -1.67. The molecular weight excluding hydrogens is 414 g/mol. The highest BCUT2D eigenvalue weighted by molar-refractivity contribution is 6.99. The zero-order valence-electron chi connectivity index (χ0n) is 20.3. The number of hydrogen-bond acceptors (Lipinski definition) is 7. The summed E-state index contributed by atoms with van der Waals surface area (Å²) in [5.74, 6) is 0.759. The Kier molecular flexibility index (Phi) is 9.30. The van der Waals surface area contributed by atoms with Crippen molar-refractivity contribution < 1.29 is 23.5 Å². The molecule has 0 aliphatic carbocycles. The van der Waals surface area contributed by atoms with Gasteiger partial charge in [0.05, 0.1) is 31.9 Å². The molecular formula is C23H40N3O4S+. The Balaban J connectivity index is 2.09. The number of ether oxygens (including phenoxy) is 3. The van der Waals surface area contributed by atoms with Crippen LogP contribution in [0.2, 0.25) is 0 Å². The summed E-state index contributed by atoms with van der Waals surface area (Å²) in [5, 5.41) is 0. The first-order chi connectivity index (χ1) is 14.6. The molecule has 2 heterocycles. The van der Waals surface area contributed by atoms with Crippen LogP contribution < -0.4 is 4.74 Å². The number of likely N-dealkylation sites (N-methyl/N-ethyl adjacent to an activating group) is 1. The first-order valence-electron chi connectivity index (χ1n) is 11.4. The van der Waals surface area contributed by atoms with Crippen molar-refractivity contribution in [1.82, 2.24) is 8.75 Å². The molecule has 0 saturated carbocycles. The van der Waals surface area contributed by atoms with Crippen molar-refractivity contribution in [2.45, 2.75) is 85.5 Å². The van der Waals surface area contributed by atoms with Crippen molar-refractivity contribution in [3.05, 3.63) is 11.8 Å². The normalized spacial score (nSPS) is 20.3. The average molecular weight is 455 g/mol. The van der Waals surface area contributed by atoms with E-state index in [4.69, 9.17) is 14.2 Å². The van der Waals surface area contributed by atoms with Gasteiger partial charge in [-0.05, 0) is 27.2 Å². The maximum absolute atomic E-state index is 12.4. The van der Waals surface area contributed by atoms with Crippen LogP contribution in [0, 0.1) is 5.92 Å². The lowest BCUT2D eigenvalue weighted by Gasteiger charge is -2.44. The number of carbonyl (C=O) groups is 1. The summed E-state index contributed by atoms with van der Waals surface area (Å²) in [6, 6.07) is 0. The Labute approximate surface area is 191 Å². The number of hydrogen-bond donors (Lipinski definition) is 0. The second-order valence-corrected chi connectivity index (χ2v) is 10.5. The average Bonchev–Trinajstić information content (AvgIpc) is 3.13. The predicted octanol–water partition coefficient (Wildman–Crippen LogP) is 5.66. The van der Waals surface area contributed by atoms with E-state index in [0.29, 0.717) is 23.5 Å². The summed E-state index contributed by atoms with van der Waals surface area (Å²) in [4.78, 5) is 12.4. The van der Waals surface area contributed by atoms with Crippen molar-refractivity contribution in [3.8, 4) is 5.88 Å². The van der Waals surface area contributed by atoms with E-state index in [-0.39, 0.29) is 12.1 Å². The first kappa shape index (κ1) is 25.6. The van der Waals surface area contributed by atoms with Crippen LogP contribution >= 0.6 is 11.7 Å². The van der Waals surface area contributed by atoms with Gasteiger partial charge >= 0.3 is 6.16 Å². The molecule has 0 bridgehead atoms. The fourth-order valence-electron chi connectivity index (χ4n) is 3.98. The molecule has 1 aromatic heterocycles. The van der Waals surface area contributed by atoms with Crippen LogP contribution in [-0.4, -0.2) is 58.0 Å². The van der Waals surface area contributed by atoms with E-state index in [1.165, 1.54) is 31.0 Å². The molecule has 0 radical (unpaired) electrons. The number of aromatic nitrogens is 2. The molecule has 2 rings (SSSR count). The lowest BCUT2D eigenvalue weighted by Crippen LogP contribution is -2.58. The molecule has 1 aliphatic heterocycles. The van der Waals surface area contributed by atoms with Crippen LogP contribution in [-0.2, 0) is 9.47 Å². The van der Waals surface area contributed by atoms with Crippen molar-refractivity contribution in [2.75, 3.05) is 26.7 Å². The molecule has 0 aromatic carbocycles. The molecule has 2 unspecified atom stereocenters. The van der Waals surface area contributed by atoms with Gasteiger partial charge < -0.3 is 14.2 Å². The summed E-state index contributed by atoms with van der Waals surface area (Å²) in [6.45, 7) is 14.1. The summed E-state index contributed by atoms with van der Waals surface area (Å²) in [7, 11) is 2.13. The number of unbranched alkanes of at least 4 members (excludes halogenated alkanes) is 3. The monoisotopic (exact) mass is 454 g/mol. The topological polar surface area (TPSA) is 70.5 Å². The first-order valence-corrected chi connectivity index (χ1v) is 12.2. The number of quaternary nitrogens is 1. The largest absolute Gasteiger partial charge is 0.513 e. The number of nitrogens with zero attached hydrogens (tertiary/aromatic N) is 3. The third-order valence-electron chi connectivity index (χ3n) is 5.35. The highest BCUT2D eigenvalue weighted by Gasteiger charge is 2.42. The highest BCUT2D eigenvalue weighted by atomic mass is 32.1. The van der Waals surface area contributed by atoms with E-state index in [9.17, 15) is 4.79 Å². The zero-order chi connectivity index (χ0) is 23.1. The second-order valence-electron chi connectivity index (χ2n) is 9.92. The lowest BCUT2D eigenvalue weighted by atomic mass is 10.0. The van der Waals surface area contributed by atoms with Gasteiger partial charge in [-0.2, -0.15) is 4.37 Å². The molecule has 0 fully saturated rings. The van der Waals surface area contributed by atoms with Crippen LogP contribution in [0.4, 0.5) is 4.79 Å². The minimum atomic E-state index is -0.618. The van der Waals surface area contributed by atoms with Gasteiger partial charge in [-0.15, -0.1) is 4.37 Å². The van der Waals surface area contributed by atoms with Gasteiger partial charge in [0.15, 0.2) is 0 Å². The molecule has 8 heteroatoms. The minimum absolute atomic E-state index is 0.139. The van der Waals surface area contributed by atoms with E-state index in [1.807, 2.05) is 20.8 Å². The van der Waals surface area contributed by atoms with Crippen molar-refractivity contribution in [3.63, 3.8) is 0 Å². The van der Waals surface area contributed by atoms with Crippen LogP contribution in [0.3, 0.4) is 0 Å². The van der Waals surface area contributed by atoms with E-state index in [2.05, 4.69) is 42.6 Å². The molecule has 176 valence electrons. The number of carbonyl (C=O) groups excluding carboxylic acids is 1. The molecule has 0 amide bonds.